The van der Waals surface area contributed by atoms with Gasteiger partial charge in [0.1, 0.15) is 5.75 Å². The van der Waals surface area contributed by atoms with Crippen LogP contribution in [0.1, 0.15) is 0 Å². The van der Waals surface area contributed by atoms with Gasteiger partial charge in [0.25, 0.3) is 5.56 Å². The van der Waals surface area contributed by atoms with Gasteiger partial charge < -0.3 is 19.9 Å². The number of anilines is 1. The molecule has 0 unspecified atom stereocenters. The Balaban J connectivity index is 2.21. The van der Waals surface area contributed by atoms with Crippen molar-refractivity contribution in [2.45, 2.75) is 0 Å². The molecule has 0 saturated carbocycles. The minimum absolute atomic E-state index is 0.0437. The van der Waals surface area contributed by atoms with Gasteiger partial charge in [-0.3, -0.25) is 9.78 Å². The van der Waals surface area contributed by atoms with Crippen molar-refractivity contribution in [3.8, 4) is 28.5 Å². The molecule has 0 atom stereocenters. The summed E-state index contributed by atoms with van der Waals surface area (Å²) in [6.07, 6.45) is 0. The molecule has 0 amide bonds. The van der Waals surface area contributed by atoms with Gasteiger partial charge in [0, 0.05) is 17.7 Å². The highest BCUT2D eigenvalue weighted by Crippen LogP contribution is 2.41. The van der Waals surface area contributed by atoms with Crippen molar-refractivity contribution in [1.29, 1.82) is 0 Å². The first-order chi connectivity index (χ1) is 9.17. The molecule has 1 aromatic carbocycles. The van der Waals surface area contributed by atoms with E-state index in [1.54, 1.807) is 12.1 Å². The number of fused-ring (bicyclic) bond motifs is 1. The van der Waals surface area contributed by atoms with Crippen LogP contribution in [0.2, 0.25) is 0 Å². The number of benzene rings is 1. The topological polar surface area (TPSA) is 99.5 Å². The van der Waals surface area contributed by atoms with Crippen molar-refractivity contribution in [2.24, 2.45) is 0 Å². The fraction of sp³-hybridized carbons (Fsp3) is 0.167. The molecular formula is C12H11N3O4. The lowest BCUT2D eigenvalue weighted by atomic mass is 10.1. The van der Waals surface area contributed by atoms with Crippen LogP contribution in [0.4, 0.5) is 5.95 Å². The van der Waals surface area contributed by atoms with Gasteiger partial charge in [-0.05, 0) is 6.07 Å². The minimum atomic E-state index is -0.331. The Morgan fingerprint density at radius 1 is 1.32 bits per heavy atom. The Morgan fingerprint density at radius 2 is 2.05 bits per heavy atom. The fourth-order valence-electron chi connectivity index (χ4n) is 1.91. The zero-order valence-electron chi connectivity index (χ0n) is 10.1. The van der Waals surface area contributed by atoms with Gasteiger partial charge in [-0.1, -0.05) is 0 Å². The zero-order valence-corrected chi connectivity index (χ0v) is 10.1. The molecule has 0 saturated heterocycles. The third-order valence-corrected chi connectivity index (χ3v) is 2.73. The number of rotatable bonds is 2. The van der Waals surface area contributed by atoms with E-state index in [2.05, 4.69) is 9.97 Å². The maximum Gasteiger partial charge on any atom is 0.252 e. The van der Waals surface area contributed by atoms with Crippen LogP contribution in [-0.2, 0) is 0 Å². The van der Waals surface area contributed by atoms with Crippen LogP contribution < -0.4 is 25.5 Å². The third kappa shape index (κ3) is 1.95. The maximum absolute atomic E-state index is 11.4. The van der Waals surface area contributed by atoms with Gasteiger partial charge in [-0.25, -0.2) is 4.98 Å². The molecule has 7 nitrogen and oxygen atoms in total. The van der Waals surface area contributed by atoms with Crippen LogP contribution in [0.3, 0.4) is 0 Å². The zero-order chi connectivity index (χ0) is 13.4. The summed E-state index contributed by atoms with van der Waals surface area (Å²) in [5.74, 6) is 1.75. The van der Waals surface area contributed by atoms with E-state index in [9.17, 15) is 4.79 Å². The molecule has 1 aliphatic heterocycles. The third-order valence-electron chi connectivity index (χ3n) is 2.73. The van der Waals surface area contributed by atoms with Gasteiger partial charge in [-0.15, -0.1) is 0 Å². The van der Waals surface area contributed by atoms with E-state index in [1.807, 2.05) is 0 Å². The Kier molecular flexibility index (Phi) is 2.52. The first-order valence-electron chi connectivity index (χ1n) is 5.52. The monoisotopic (exact) mass is 261 g/mol. The van der Waals surface area contributed by atoms with Gasteiger partial charge >= 0.3 is 0 Å². The summed E-state index contributed by atoms with van der Waals surface area (Å²) in [6.45, 7) is 0.160. The number of nitrogens with one attached hydrogen (secondary N) is 1. The smallest absolute Gasteiger partial charge is 0.252 e. The number of aromatic amines is 1. The number of hydrogen-bond donors (Lipinski definition) is 2. The highest BCUT2D eigenvalue weighted by Gasteiger charge is 2.19. The number of H-pyrrole nitrogens is 1. The first-order valence-corrected chi connectivity index (χ1v) is 5.52. The van der Waals surface area contributed by atoms with E-state index in [0.717, 1.165) is 0 Å². The molecule has 0 bridgehead atoms. The van der Waals surface area contributed by atoms with E-state index in [0.29, 0.717) is 28.5 Å². The Labute approximate surface area is 107 Å². The Morgan fingerprint density at radius 3 is 2.74 bits per heavy atom. The Hall–Kier alpha value is -2.70. The summed E-state index contributed by atoms with van der Waals surface area (Å²) in [5, 5.41) is 0. The maximum atomic E-state index is 11.4. The number of aromatic nitrogens is 2. The van der Waals surface area contributed by atoms with Crippen molar-refractivity contribution < 1.29 is 14.2 Å². The minimum Gasteiger partial charge on any atom is -0.496 e. The van der Waals surface area contributed by atoms with Crippen LogP contribution in [0, 0.1) is 0 Å². The second kappa shape index (κ2) is 4.20. The molecule has 98 valence electrons. The summed E-state index contributed by atoms with van der Waals surface area (Å²) in [7, 11) is 1.53. The number of nitrogens with two attached hydrogens (primary N) is 1. The molecule has 0 fully saturated rings. The van der Waals surface area contributed by atoms with E-state index >= 15 is 0 Å². The SMILES string of the molecule is COc1cc2c(cc1-c1cc(=O)[nH]c(N)n1)OCO2. The van der Waals surface area contributed by atoms with Crippen LogP contribution in [-0.4, -0.2) is 23.9 Å². The molecule has 3 N–H and O–H groups in total. The average Bonchev–Trinajstić information content (AvgIpc) is 2.83. The summed E-state index contributed by atoms with van der Waals surface area (Å²) in [4.78, 5) is 17.9. The average molecular weight is 261 g/mol. The number of methoxy groups -OCH3 is 1. The summed E-state index contributed by atoms with van der Waals surface area (Å²) < 4.78 is 15.8. The summed E-state index contributed by atoms with van der Waals surface area (Å²) in [6, 6.07) is 4.75. The standard InChI is InChI=1S/C12H11N3O4/c1-17-8-4-10-9(18-5-19-10)2-6(8)7-3-11(16)15-12(13)14-7/h2-4H,5H2,1H3,(H3,13,14,15,16). The van der Waals surface area contributed by atoms with Crippen molar-refractivity contribution in [3.05, 3.63) is 28.6 Å². The largest absolute Gasteiger partial charge is 0.496 e. The summed E-state index contributed by atoms with van der Waals surface area (Å²) >= 11 is 0. The molecule has 7 heteroatoms. The Bertz CT molecular complexity index is 696. The highest BCUT2D eigenvalue weighted by molar-refractivity contribution is 5.72. The van der Waals surface area contributed by atoms with Crippen LogP contribution >= 0.6 is 0 Å². The van der Waals surface area contributed by atoms with E-state index in [-0.39, 0.29) is 18.3 Å². The van der Waals surface area contributed by atoms with Gasteiger partial charge in [0.15, 0.2) is 11.5 Å². The molecular weight excluding hydrogens is 250 g/mol. The van der Waals surface area contributed by atoms with Crippen LogP contribution in [0.5, 0.6) is 17.2 Å². The molecule has 0 spiro atoms. The van der Waals surface area contributed by atoms with E-state index in [4.69, 9.17) is 19.9 Å². The number of ether oxygens (including phenoxy) is 3. The molecule has 2 heterocycles. The molecule has 2 aromatic rings. The van der Waals surface area contributed by atoms with E-state index < -0.39 is 0 Å². The predicted octanol–water partition coefficient (Wildman–Crippen LogP) is 0.756. The van der Waals surface area contributed by atoms with Crippen LogP contribution in [0.15, 0.2) is 23.0 Å². The van der Waals surface area contributed by atoms with Crippen molar-refractivity contribution >= 4 is 5.95 Å². The lowest BCUT2D eigenvalue weighted by Gasteiger charge is -2.09. The normalized spacial score (nSPS) is 12.5. The molecule has 0 radical (unpaired) electrons. The molecule has 3 rings (SSSR count). The molecule has 1 aliphatic rings. The lowest BCUT2D eigenvalue weighted by Crippen LogP contribution is -2.10. The van der Waals surface area contributed by atoms with Crippen LogP contribution in [0.25, 0.3) is 11.3 Å². The summed E-state index contributed by atoms with van der Waals surface area (Å²) in [5.41, 5.74) is 6.24. The molecule has 0 aliphatic carbocycles. The number of hydrogen-bond acceptors (Lipinski definition) is 6. The van der Waals surface area contributed by atoms with Gasteiger partial charge in [0.05, 0.1) is 12.8 Å². The van der Waals surface area contributed by atoms with Gasteiger partial charge in [-0.2, -0.15) is 0 Å². The van der Waals surface area contributed by atoms with Crippen molar-refractivity contribution in [1.82, 2.24) is 9.97 Å². The molecule has 1 aromatic heterocycles. The van der Waals surface area contributed by atoms with Crippen molar-refractivity contribution in [3.63, 3.8) is 0 Å². The number of nitrogens with zero attached hydrogens (tertiary/aromatic N) is 1. The quantitative estimate of drug-likeness (QED) is 0.827. The lowest BCUT2D eigenvalue weighted by molar-refractivity contribution is 0.174. The fourth-order valence-corrected chi connectivity index (χ4v) is 1.91. The van der Waals surface area contributed by atoms with Crippen molar-refractivity contribution in [2.75, 3.05) is 19.6 Å². The second-order valence-electron chi connectivity index (χ2n) is 3.92. The highest BCUT2D eigenvalue weighted by atomic mass is 16.7. The molecule has 19 heavy (non-hydrogen) atoms. The number of nitrogen functional groups attached to an aromatic ring is 1. The first kappa shape index (κ1) is 11.4. The predicted molar refractivity (Wildman–Crippen MR) is 67.4 cm³/mol. The second-order valence-corrected chi connectivity index (χ2v) is 3.92. The van der Waals surface area contributed by atoms with Gasteiger partial charge in [0.2, 0.25) is 12.7 Å². The van der Waals surface area contributed by atoms with E-state index in [1.165, 1.54) is 13.2 Å².